The molecular formula is C21H25ClN6O2. The minimum atomic E-state index is -0.883. The summed E-state index contributed by atoms with van der Waals surface area (Å²) in [6.07, 6.45) is 0.825. The highest BCUT2D eigenvalue weighted by atomic mass is 35.5. The molecule has 0 bridgehead atoms. The number of rotatable bonds is 8. The van der Waals surface area contributed by atoms with Gasteiger partial charge in [0.25, 0.3) is 5.91 Å². The third kappa shape index (κ3) is 5.59. The quantitative estimate of drug-likeness (QED) is 0.249. The highest BCUT2D eigenvalue weighted by Gasteiger charge is 2.21. The van der Waals surface area contributed by atoms with E-state index in [2.05, 4.69) is 10.4 Å². The number of hydrogen-bond acceptors (Lipinski definition) is 5. The van der Waals surface area contributed by atoms with Gasteiger partial charge >= 0.3 is 0 Å². The largest absolute Gasteiger partial charge is 0.399 e. The fourth-order valence-electron chi connectivity index (χ4n) is 2.83. The minimum Gasteiger partial charge on any atom is -0.399 e. The SMILES string of the molecule is CCO[C@@H](C(=O)NCc1ccc(C(=N)N)cc1)n1ccc(-c2cccc(N)c2)n1.Cl. The number of anilines is 1. The van der Waals surface area contributed by atoms with E-state index in [0.29, 0.717) is 30.1 Å². The molecular weight excluding hydrogens is 404 g/mol. The Hall–Kier alpha value is -3.36. The maximum Gasteiger partial charge on any atom is 0.272 e. The number of ether oxygens (including phenoxy) is 1. The molecule has 1 aromatic heterocycles. The van der Waals surface area contributed by atoms with Crippen LogP contribution in [0.4, 0.5) is 5.69 Å². The summed E-state index contributed by atoms with van der Waals surface area (Å²) in [5.41, 5.74) is 15.0. The van der Waals surface area contributed by atoms with Crippen LogP contribution in [0, 0.1) is 5.41 Å². The number of nitrogens with zero attached hydrogens (tertiary/aromatic N) is 2. The second-order valence-electron chi connectivity index (χ2n) is 6.44. The van der Waals surface area contributed by atoms with Crippen LogP contribution in [0.15, 0.2) is 60.8 Å². The summed E-state index contributed by atoms with van der Waals surface area (Å²) in [5, 5.41) is 14.8. The number of nitrogens with two attached hydrogens (primary N) is 2. The third-order valence-electron chi connectivity index (χ3n) is 4.31. The highest BCUT2D eigenvalue weighted by molar-refractivity contribution is 5.94. The summed E-state index contributed by atoms with van der Waals surface area (Å²) in [6, 6.07) is 16.3. The second-order valence-corrected chi connectivity index (χ2v) is 6.44. The van der Waals surface area contributed by atoms with E-state index in [4.69, 9.17) is 21.6 Å². The number of halogens is 1. The van der Waals surface area contributed by atoms with E-state index in [-0.39, 0.29) is 24.1 Å². The molecule has 0 unspecified atom stereocenters. The van der Waals surface area contributed by atoms with Crippen LogP contribution in [-0.4, -0.2) is 28.1 Å². The molecule has 158 valence electrons. The lowest BCUT2D eigenvalue weighted by Crippen LogP contribution is -2.34. The van der Waals surface area contributed by atoms with Gasteiger partial charge in [0.1, 0.15) is 5.84 Å². The maximum atomic E-state index is 12.7. The molecule has 0 fully saturated rings. The summed E-state index contributed by atoms with van der Waals surface area (Å²) >= 11 is 0. The Morgan fingerprint density at radius 3 is 2.60 bits per heavy atom. The van der Waals surface area contributed by atoms with Gasteiger partial charge in [-0.3, -0.25) is 10.2 Å². The van der Waals surface area contributed by atoms with Gasteiger partial charge < -0.3 is 21.5 Å². The number of carbonyl (C=O) groups excluding carboxylic acids is 1. The topological polar surface area (TPSA) is 132 Å². The van der Waals surface area contributed by atoms with Crippen molar-refractivity contribution in [1.82, 2.24) is 15.1 Å². The van der Waals surface area contributed by atoms with Crippen molar-refractivity contribution >= 4 is 29.8 Å². The van der Waals surface area contributed by atoms with E-state index in [9.17, 15) is 4.79 Å². The first-order valence-electron chi connectivity index (χ1n) is 9.21. The first kappa shape index (κ1) is 22.9. The van der Waals surface area contributed by atoms with E-state index in [0.717, 1.165) is 11.1 Å². The van der Waals surface area contributed by atoms with Crippen LogP contribution in [0.3, 0.4) is 0 Å². The lowest BCUT2D eigenvalue weighted by molar-refractivity contribution is -0.139. The molecule has 1 heterocycles. The third-order valence-corrected chi connectivity index (χ3v) is 4.31. The molecule has 1 atom stereocenters. The van der Waals surface area contributed by atoms with Crippen molar-refractivity contribution in [3.05, 3.63) is 71.9 Å². The van der Waals surface area contributed by atoms with Crippen molar-refractivity contribution in [2.45, 2.75) is 19.7 Å². The monoisotopic (exact) mass is 428 g/mol. The molecule has 2 aromatic carbocycles. The molecule has 0 aliphatic carbocycles. The van der Waals surface area contributed by atoms with Gasteiger partial charge in [-0.2, -0.15) is 5.10 Å². The summed E-state index contributed by atoms with van der Waals surface area (Å²) in [7, 11) is 0. The van der Waals surface area contributed by atoms with Crippen LogP contribution in [0.5, 0.6) is 0 Å². The first-order valence-corrected chi connectivity index (χ1v) is 9.21. The minimum absolute atomic E-state index is 0. The molecule has 0 radical (unpaired) electrons. The number of amides is 1. The van der Waals surface area contributed by atoms with Gasteiger partial charge in [-0.1, -0.05) is 36.4 Å². The smallest absolute Gasteiger partial charge is 0.272 e. The molecule has 0 saturated heterocycles. The zero-order valence-corrected chi connectivity index (χ0v) is 17.4. The average Bonchev–Trinajstić information content (AvgIpc) is 3.20. The van der Waals surface area contributed by atoms with Crippen LogP contribution in [0.25, 0.3) is 11.3 Å². The molecule has 9 heteroatoms. The van der Waals surface area contributed by atoms with Crippen LogP contribution in [0.1, 0.15) is 24.3 Å². The van der Waals surface area contributed by atoms with Gasteiger partial charge in [0.05, 0.1) is 5.69 Å². The van der Waals surface area contributed by atoms with Crippen LogP contribution >= 0.6 is 12.4 Å². The molecule has 0 aliphatic heterocycles. The van der Waals surface area contributed by atoms with Crippen molar-refractivity contribution < 1.29 is 9.53 Å². The highest BCUT2D eigenvalue weighted by Crippen LogP contribution is 2.21. The van der Waals surface area contributed by atoms with E-state index < -0.39 is 6.23 Å². The van der Waals surface area contributed by atoms with Gasteiger partial charge in [0.15, 0.2) is 0 Å². The van der Waals surface area contributed by atoms with Gasteiger partial charge in [-0.25, -0.2) is 4.68 Å². The molecule has 0 saturated carbocycles. The van der Waals surface area contributed by atoms with Crippen molar-refractivity contribution in [3.8, 4) is 11.3 Å². The Labute approximate surface area is 181 Å². The van der Waals surface area contributed by atoms with Crippen molar-refractivity contribution in [2.24, 2.45) is 5.73 Å². The standard InChI is InChI=1S/C21H24N6O2.ClH/c1-2-29-21(20(28)25-13-14-6-8-15(9-7-14)19(23)24)27-11-10-18(26-27)16-4-3-5-17(22)12-16;/h3-12,21H,2,13,22H2,1H3,(H3,23,24)(H,25,28);1H/t21-;/m0./s1. The molecule has 8 nitrogen and oxygen atoms in total. The number of nitrogens with one attached hydrogen (secondary N) is 2. The van der Waals surface area contributed by atoms with Crippen molar-refractivity contribution in [1.29, 1.82) is 5.41 Å². The summed E-state index contributed by atoms with van der Waals surface area (Å²) < 4.78 is 7.12. The Kier molecular flexibility index (Phi) is 7.97. The maximum absolute atomic E-state index is 12.7. The van der Waals surface area contributed by atoms with Gasteiger partial charge in [-0.15, -0.1) is 12.4 Å². The summed E-state index contributed by atoms with van der Waals surface area (Å²) in [4.78, 5) is 12.7. The fourth-order valence-corrected chi connectivity index (χ4v) is 2.83. The van der Waals surface area contributed by atoms with E-state index in [1.54, 1.807) is 24.4 Å². The number of hydrogen-bond donors (Lipinski definition) is 4. The first-order chi connectivity index (χ1) is 14.0. The molecule has 1 amide bonds. The summed E-state index contributed by atoms with van der Waals surface area (Å²) in [5.74, 6) is -0.295. The lowest BCUT2D eigenvalue weighted by atomic mass is 10.1. The predicted molar refractivity (Wildman–Crippen MR) is 119 cm³/mol. The Morgan fingerprint density at radius 1 is 1.23 bits per heavy atom. The molecule has 6 N–H and O–H groups in total. The van der Waals surface area contributed by atoms with Crippen molar-refractivity contribution in [2.75, 3.05) is 12.3 Å². The fraction of sp³-hybridized carbons (Fsp3) is 0.190. The second kappa shape index (κ2) is 10.4. The zero-order chi connectivity index (χ0) is 20.8. The summed E-state index contributed by atoms with van der Waals surface area (Å²) in [6.45, 7) is 2.51. The normalized spacial score (nSPS) is 11.4. The van der Waals surface area contributed by atoms with E-state index >= 15 is 0 Å². The van der Waals surface area contributed by atoms with Gasteiger partial charge in [0, 0.05) is 36.2 Å². The molecule has 0 aliphatic rings. The average molecular weight is 429 g/mol. The predicted octanol–water partition coefficient (Wildman–Crippen LogP) is 2.69. The molecule has 3 rings (SSSR count). The number of amidine groups is 1. The van der Waals surface area contributed by atoms with Crippen molar-refractivity contribution in [3.63, 3.8) is 0 Å². The molecule has 0 spiro atoms. The number of benzene rings is 2. The lowest BCUT2D eigenvalue weighted by Gasteiger charge is -2.17. The Balaban J connectivity index is 0.00000320. The Morgan fingerprint density at radius 2 is 1.97 bits per heavy atom. The zero-order valence-electron chi connectivity index (χ0n) is 16.5. The number of carbonyl (C=O) groups is 1. The van der Waals surface area contributed by atoms with E-state index in [1.807, 2.05) is 43.3 Å². The van der Waals surface area contributed by atoms with Gasteiger partial charge in [-0.05, 0) is 30.7 Å². The number of aromatic nitrogens is 2. The van der Waals surface area contributed by atoms with Gasteiger partial charge in [0.2, 0.25) is 6.23 Å². The Bertz CT molecular complexity index is 1000. The molecule has 30 heavy (non-hydrogen) atoms. The van der Waals surface area contributed by atoms with Crippen LogP contribution in [0.2, 0.25) is 0 Å². The van der Waals surface area contributed by atoms with E-state index in [1.165, 1.54) is 4.68 Å². The molecule has 3 aromatic rings. The van der Waals surface area contributed by atoms with Crippen LogP contribution < -0.4 is 16.8 Å². The number of nitrogen functional groups attached to an aromatic ring is 2. The van der Waals surface area contributed by atoms with Crippen LogP contribution in [-0.2, 0) is 16.1 Å².